The van der Waals surface area contributed by atoms with Crippen LogP contribution in [0.4, 0.5) is 8.78 Å². The smallest absolute Gasteiger partial charge is 0.387 e. The molecule has 0 unspecified atom stereocenters. The third kappa shape index (κ3) is 5.24. The summed E-state index contributed by atoms with van der Waals surface area (Å²) in [6.45, 7) is 3.01. The lowest BCUT2D eigenvalue weighted by atomic mass is 9.90. The summed E-state index contributed by atoms with van der Waals surface area (Å²) in [6, 6.07) is 6.25. The molecule has 1 atom stereocenters. The van der Waals surface area contributed by atoms with Crippen LogP contribution in [0, 0.1) is 4.91 Å². The lowest BCUT2D eigenvalue weighted by Gasteiger charge is -2.31. The molecular weight excluding hydrogens is 466 g/mol. The zero-order valence-corrected chi connectivity index (χ0v) is 20.4. The van der Waals surface area contributed by atoms with Gasteiger partial charge in [0, 0.05) is 29.3 Å². The maximum absolute atomic E-state index is 13.1. The van der Waals surface area contributed by atoms with Crippen molar-refractivity contribution in [2.45, 2.75) is 77.1 Å². The van der Waals surface area contributed by atoms with Gasteiger partial charge in [-0.1, -0.05) is 12.1 Å². The zero-order valence-electron chi connectivity index (χ0n) is 19.6. The monoisotopic (exact) mass is 497 g/mol. The first-order valence-electron chi connectivity index (χ1n) is 11.6. The number of nitroso groups, excluding NO2 is 1. The van der Waals surface area contributed by atoms with Crippen molar-refractivity contribution in [3.63, 3.8) is 0 Å². The van der Waals surface area contributed by atoms with Gasteiger partial charge in [0.05, 0.1) is 34.1 Å². The Balaban J connectivity index is 1.56. The molecule has 0 saturated carbocycles. The number of ether oxygens (including phenoxy) is 1. The van der Waals surface area contributed by atoms with Gasteiger partial charge in [0.2, 0.25) is 6.04 Å². The Hall–Kier alpha value is -2.56. The van der Waals surface area contributed by atoms with Gasteiger partial charge in [0.15, 0.2) is 9.84 Å². The number of hydrogen-bond donors (Lipinski definition) is 1. The first-order chi connectivity index (χ1) is 16.0. The van der Waals surface area contributed by atoms with Crippen LogP contribution < -0.4 is 10.2 Å². The Morgan fingerprint density at radius 2 is 1.97 bits per heavy atom. The number of benzene rings is 1. The number of sulfone groups is 1. The van der Waals surface area contributed by atoms with Crippen LogP contribution in [-0.4, -0.2) is 52.8 Å². The molecule has 1 aliphatic carbocycles. The Kier molecular flexibility index (Phi) is 6.67. The molecule has 0 radical (unpaired) electrons. The van der Waals surface area contributed by atoms with Crippen molar-refractivity contribution < 1.29 is 26.8 Å². The quantitative estimate of drug-likeness (QED) is 0.462. The van der Waals surface area contributed by atoms with Crippen molar-refractivity contribution in [2.24, 2.45) is 0 Å². The highest BCUT2D eigenvalue weighted by atomic mass is 32.2. The highest BCUT2D eigenvalue weighted by Crippen LogP contribution is 2.35. The van der Waals surface area contributed by atoms with Crippen LogP contribution in [0.2, 0.25) is 0 Å². The second-order valence-corrected chi connectivity index (χ2v) is 12.1. The molecule has 4 rings (SSSR count). The highest BCUT2D eigenvalue weighted by Gasteiger charge is 2.42. The summed E-state index contributed by atoms with van der Waals surface area (Å²) in [4.78, 5) is 14.0. The van der Waals surface area contributed by atoms with Gasteiger partial charge in [-0.2, -0.15) is 13.9 Å². The van der Waals surface area contributed by atoms with Crippen molar-refractivity contribution in [3.8, 4) is 17.0 Å². The molecule has 2 aromatic rings. The molecule has 34 heavy (non-hydrogen) atoms. The van der Waals surface area contributed by atoms with Crippen molar-refractivity contribution in [1.29, 1.82) is 0 Å². The highest BCUT2D eigenvalue weighted by molar-refractivity contribution is 7.91. The van der Waals surface area contributed by atoms with Crippen LogP contribution in [0.25, 0.3) is 11.3 Å². The molecule has 1 fully saturated rings. The van der Waals surface area contributed by atoms with Crippen molar-refractivity contribution in [1.82, 2.24) is 15.2 Å². The van der Waals surface area contributed by atoms with E-state index in [1.165, 1.54) is 6.07 Å². The van der Waals surface area contributed by atoms with E-state index in [1.54, 1.807) is 12.1 Å². The molecule has 2 heterocycles. The number of halogens is 2. The number of alkyl halides is 2. The van der Waals surface area contributed by atoms with Crippen LogP contribution in [0.5, 0.6) is 5.75 Å². The average molecular weight is 498 g/mol. The number of nitrogens with zero attached hydrogens (tertiary/aromatic N) is 3. The maximum atomic E-state index is 13.1. The number of fused-ring (bicyclic) bond motifs is 1. The van der Waals surface area contributed by atoms with Crippen LogP contribution in [0.3, 0.4) is 0 Å². The predicted octanol–water partition coefficient (Wildman–Crippen LogP) is 3.84. The molecule has 0 bridgehead atoms. The van der Waals surface area contributed by atoms with E-state index < -0.39 is 22.0 Å². The SMILES string of the molecule is CC(C)n1nc(-c2cccc(OC(F)F)c2)c2c1C[C@H]([N+](=O)NC1(C)CCS(=O)(=O)CC1)CC2. The molecule has 1 saturated heterocycles. The minimum absolute atomic E-state index is 0.0517. The minimum Gasteiger partial charge on any atom is -0.435 e. The van der Waals surface area contributed by atoms with E-state index in [0.29, 0.717) is 37.7 Å². The van der Waals surface area contributed by atoms with Gasteiger partial charge in [0.1, 0.15) is 10.6 Å². The predicted molar refractivity (Wildman–Crippen MR) is 124 cm³/mol. The third-order valence-electron chi connectivity index (χ3n) is 6.74. The van der Waals surface area contributed by atoms with E-state index in [0.717, 1.165) is 21.8 Å². The van der Waals surface area contributed by atoms with Gasteiger partial charge in [0.25, 0.3) is 0 Å². The molecule has 0 amide bonds. The molecule has 1 N–H and O–H groups in total. The summed E-state index contributed by atoms with van der Waals surface area (Å²) in [6.07, 6.45) is 2.50. The third-order valence-corrected chi connectivity index (χ3v) is 8.39. The van der Waals surface area contributed by atoms with Crippen LogP contribution in [0.1, 0.15) is 57.3 Å². The fourth-order valence-electron chi connectivity index (χ4n) is 4.76. The lowest BCUT2D eigenvalue weighted by molar-refractivity contribution is -0.653. The second-order valence-electron chi connectivity index (χ2n) is 9.77. The Morgan fingerprint density at radius 3 is 2.62 bits per heavy atom. The summed E-state index contributed by atoms with van der Waals surface area (Å²) >= 11 is 0. The van der Waals surface area contributed by atoms with E-state index in [2.05, 4.69) is 10.2 Å². The number of nitrogens with one attached hydrogen (secondary N) is 1. The van der Waals surface area contributed by atoms with E-state index in [9.17, 15) is 22.1 Å². The van der Waals surface area contributed by atoms with Crippen molar-refractivity contribution in [2.75, 3.05) is 11.5 Å². The van der Waals surface area contributed by atoms with Gasteiger partial charge >= 0.3 is 6.61 Å². The molecule has 0 spiro atoms. The molecule has 1 aromatic heterocycles. The average Bonchev–Trinajstić information content (AvgIpc) is 3.15. The normalized spacial score (nSPS) is 21.3. The molecule has 186 valence electrons. The number of rotatable bonds is 7. The summed E-state index contributed by atoms with van der Waals surface area (Å²) in [5.41, 5.74) is 5.88. The largest absolute Gasteiger partial charge is 0.435 e. The molecule has 1 aliphatic heterocycles. The summed E-state index contributed by atoms with van der Waals surface area (Å²) in [7, 11) is -3.03. The van der Waals surface area contributed by atoms with Gasteiger partial charge < -0.3 is 4.74 Å². The number of hydrogen-bond acceptors (Lipinski definition) is 5. The Bertz CT molecular complexity index is 1170. The first kappa shape index (κ1) is 24.6. The van der Waals surface area contributed by atoms with Crippen LogP contribution in [-0.2, 0) is 22.7 Å². The Morgan fingerprint density at radius 1 is 1.26 bits per heavy atom. The van der Waals surface area contributed by atoms with Crippen molar-refractivity contribution in [3.05, 3.63) is 40.4 Å². The standard InChI is InChI=1S/C23H31F2N4O4S/c1-15(2)28-20-14-17(29(30)27-23(3)9-11-34(31,32)12-10-23)7-8-19(20)21(26-28)16-5-4-6-18(13-16)33-22(24)25/h4-6,13,15,17,22H,7-12,14H2,1-3H3,(H,27,30)/q+1/t17-/m1/s1. The first-order valence-corrected chi connectivity index (χ1v) is 13.4. The van der Waals surface area contributed by atoms with E-state index >= 15 is 0 Å². The molecular formula is C23H31F2N4O4S+. The Labute approximate surface area is 198 Å². The second kappa shape index (κ2) is 9.24. The van der Waals surface area contributed by atoms with E-state index in [-0.39, 0.29) is 29.3 Å². The van der Waals surface area contributed by atoms with Gasteiger partial charge in [-0.15, -0.1) is 5.43 Å². The van der Waals surface area contributed by atoms with Gasteiger partial charge in [-0.05, 0) is 52.2 Å². The summed E-state index contributed by atoms with van der Waals surface area (Å²) in [5, 5.41) is 4.79. The fourth-order valence-corrected chi connectivity index (χ4v) is 6.48. The zero-order chi connectivity index (χ0) is 24.7. The van der Waals surface area contributed by atoms with Crippen molar-refractivity contribution >= 4 is 9.84 Å². The summed E-state index contributed by atoms with van der Waals surface area (Å²) < 4.78 is 55.4. The number of aromatic nitrogens is 2. The maximum Gasteiger partial charge on any atom is 0.387 e. The fraction of sp³-hybridized carbons (Fsp3) is 0.609. The van der Waals surface area contributed by atoms with E-state index in [1.807, 2.05) is 31.5 Å². The van der Waals surface area contributed by atoms with Crippen LogP contribution >= 0.6 is 0 Å². The lowest BCUT2D eigenvalue weighted by Crippen LogP contribution is -2.55. The topological polar surface area (TPSA) is 93.3 Å². The molecule has 11 heteroatoms. The van der Waals surface area contributed by atoms with E-state index in [4.69, 9.17) is 5.10 Å². The van der Waals surface area contributed by atoms with Gasteiger partial charge in [-0.3, -0.25) is 4.68 Å². The minimum atomic E-state index is -3.03. The number of hydrazine groups is 1. The molecule has 8 nitrogen and oxygen atoms in total. The summed E-state index contributed by atoms with van der Waals surface area (Å²) in [5.74, 6) is 0.236. The van der Waals surface area contributed by atoms with Crippen LogP contribution in [0.15, 0.2) is 24.3 Å². The molecule has 2 aliphatic rings. The molecule has 1 aromatic carbocycles. The van der Waals surface area contributed by atoms with Gasteiger partial charge in [-0.25, -0.2) is 8.42 Å².